The van der Waals surface area contributed by atoms with E-state index < -0.39 is 0 Å². The zero-order valence-electron chi connectivity index (χ0n) is 15.9. The monoisotopic (exact) mass is 343 g/mol. The molecule has 0 N–H and O–H groups in total. The number of ether oxygens (including phenoxy) is 1. The maximum Gasteiger partial charge on any atom is 0.340 e. The summed E-state index contributed by atoms with van der Waals surface area (Å²) in [7, 11) is 1.96. The minimum Gasteiger partial charge on any atom is -0.462 e. The summed E-state index contributed by atoms with van der Waals surface area (Å²) >= 11 is 0. The number of aromatic nitrogens is 1. The van der Waals surface area contributed by atoms with Gasteiger partial charge in [-0.3, -0.25) is 0 Å². The van der Waals surface area contributed by atoms with Gasteiger partial charge in [0, 0.05) is 24.1 Å². The third-order valence-corrected chi connectivity index (χ3v) is 4.85. The van der Waals surface area contributed by atoms with Gasteiger partial charge in [0.25, 0.3) is 0 Å². The molecule has 0 saturated heterocycles. The quantitative estimate of drug-likeness (QED) is 0.336. The summed E-state index contributed by atoms with van der Waals surface area (Å²) in [6.45, 7) is 2.78. The van der Waals surface area contributed by atoms with Gasteiger partial charge < -0.3 is 9.30 Å². The van der Waals surface area contributed by atoms with Gasteiger partial charge in [0.2, 0.25) is 0 Å². The molecule has 1 aromatic carbocycles. The highest BCUT2D eigenvalue weighted by Gasteiger charge is 2.14. The summed E-state index contributed by atoms with van der Waals surface area (Å²) in [5.74, 6) is -0.201. The Balaban J connectivity index is 1.58. The molecule has 0 saturated carbocycles. The topological polar surface area (TPSA) is 31.2 Å². The molecule has 0 aliphatic rings. The van der Waals surface area contributed by atoms with Crippen LogP contribution in [0.5, 0.6) is 0 Å². The van der Waals surface area contributed by atoms with Crippen LogP contribution in [0.1, 0.15) is 81.5 Å². The van der Waals surface area contributed by atoms with Crippen LogP contribution in [0, 0.1) is 0 Å². The Morgan fingerprint density at radius 2 is 1.52 bits per heavy atom. The molecule has 2 aromatic rings. The van der Waals surface area contributed by atoms with Gasteiger partial charge in [-0.05, 0) is 12.5 Å². The van der Waals surface area contributed by atoms with Crippen LogP contribution in [0.2, 0.25) is 0 Å². The minimum absolute atomic E-state index is 0.201. The number of hydrogen-bond donors (Lipinski definition) is 0. The van der Waals surface area contributed by atoms with Crippen molar-refractivity contribution in [2.75, 3.05) is 6.61 Å². The fraction of sp³-hybridized carbons (Fsp3) is 0.591. The third kappa shape index (κ3) is 6.22. The Labute approximate surface area is 152 Å². The predicted octanol–water partition coefficient (Wildman–Crippen LogP) is 6.26. The van der Waals surface area contributed by atoms with Crippen LogP contribution in [-0.2, 0) is 11.8 Å². The maximum atomic E-state index is 12.3. The van der Waals surface area contributed by atoms with Crippen molar-refractivity contribution in [3.05, 3.63) is 36.0 Å². The van der Waals surface area contributed by atoms with Crippen LogP contribution in [0.3, 0.4) is 0 Å². The summed E-state index contributed by atoms with van der Waals surface area (Å²) in [5, 5.41) is 0.970. The zero-order chi connectivity index (χ0) is 17.9. The van der Waals surface area contributed by atoms with E-state index in [-0.39, 0.29) is 5.97 Å². The average molecular weight is 344 g/mol. The molecule has 0 fully saturated rings. The molecule has 0 aliphatic carbocycles. The van der Waals surface area contributed by atoms with Crippen LogP contribution in [-0.4, -0.2) is 17.1 Å². The number of carbonyl (C=O) groups excluding carboxylic acids is 1. The third-order valence-electron chi connectivity index (χ3n) is 4.85. The van der Waals surface area contributed by atoms with Crippen molar-refractivity contribution in [2.24, 2.45) is 7.05 Å². The molecular formula is C22H33NO2. The molecular weight excluding hydrogens is 310 g/mol. The number of rotatable bonds is 12. The Morgan fingerprint density at radius 1 is 0.920 bits per heavy atom. The summed E-state index contributed by atoms with van der Waals surface area (Å²) in [5.41, 5.74) is 1.73. The molecule has 3 heteroatoms. The molecule has 25 heavy (non-hydrogen) atoms. The van der Waals surface area contributed by atoms with Crippen molar-refractivity contribution >= 4 is 16.9 Å². The molecule has 1 heterocycles. The Hall–Kier alpha value is -1.77. The molecule has 0 amide bonds. The lowest BCUT2D eigenvalue weighted by atomic mass is 10.1. The van der Waals surface area contributed by atoms with Crippen molar-refractivity contribution in [1.82, 2.24) is 4.57 Å². The molecule has 1 aromatic heterocycles. The second-order valence-corrected chi connectivity index (χ2v) is 6.99. The normalized spacial score (nSPS) is 11.1. The van der Waals surface area contributed by atoms with Crippen molar-refractivity contribution < 1.29 is 9.53 Å². The minimum atomic E-state index is -0.201. The number of para-hydroxylation sites is 1. The molecule has 0 spiro atoms. The number of aryl methyl sites for hydroxylation is 1. The Morgan fingerprint density at radius 3 is 2.20 bits per heavy atom. The van der Waals surface area contributed by atoms with E-state index in [4.69, 9.17) is 4.74 Å². The fourth-order valence-electron chi connectivity index (χ4n) is 3.34. The average Bonchev–Trinajstić information content (AvgIpc) is 2.97. The first-order valence-corrected chi connectivity index (χ1v) is 9.95. The van der Waals surface area contributed by atoms with E-state index in [0.717, 1.165) is 23.7 Å². The van der Waals surface area contributed by atoms with E-state index >= 15 is 0 Å². The first kappa shape index (κ1) is 19.6. The summed E-state index contributed by atoms with van der Waals surface area (Å²) in [4.78, 5) is 12.3. The van der Waals surface area contributed by atoms with E-state index in [1.54, 1.807) is 0 Å². The first-order chi connectivity index (χ1) is 12.2. The second kappa shape index (κ2) is 11.0. The molecule has 138 valence electrons. The van der Waals surface area contributed by atoms with E-state index in [1.165, 1.54) is 51.4 Å². The van der Waals surface area contributed by atoms with Gasteiger partial charge >= 0.3 is 5.97 Å². The van der Waals surface area contributed by atoms with Crippen molar-refractivity contribution in [3.63, 3.8) is 0 Å². The molecule has 2 rings (SSSR count). The Bertz CT molecular complexity index is 645. The van der Waals surface area contributed by atoms with E-state index in [2.05, 4.69) is 6.92 Å². The van der Waals surface area contributed by atoms with E-state index in [1.807, 2.05) is 42.1 Å². The zero-order valence-corrected chi connectivity index (χ0v) is 15.9. The highest BCUT2D eigenvalue weighted by molar-refractivity contribution is 6.04. The number of esters is 1. The lowest BCUT2D eigenvalue weighted by molar-refractivity contribution is 0.0500. The summed E-state index contributed by atoms with van der Waals surface area (Å²) in [6.07, 6.45) is 14.7. The highest BCUT2D eigenvalue weighted by atomic mass is 16.5. The van der Waals surface area contributed by atoms with Gasteiger partial charge in [0.1, 0.15) is 0 Å². The molecule has 0 atom stereocenters. The molecule has 3 nitrogen and oxygen atoms in total. The van der Waals surface area contributed by atoms with E-state index in [0.29, 0.717) is 12.2 Å². The largest absolute Gasteiger partial charge is 0.462 e. The van der Waals surface area contributed by atoms with Crippen molar-refractivity contribution in [1.29, 1.82) is 0 Å². The molecule has 0 bridgehead atoms. The smallest absolute Gasteiger partial charge is 0.340 e. The Kier molecular flexibility index (Phi) is 8.58. The maximum absolute atomic E-state index is 12.3. The van der Waals surface area contributed by atoms with Gasteiger partial charge in [-0.1, -0.05) is 82.9 Å². The summed E-state index contributed by atoms with van der Waals surface area (Å²) in [6, 6.07) is 7.95. The van der Waals surface area contributed by atoms with Crippen LogP contribution >= 0.6 is 0 Å². The SMILES string of the molecule is CCCCCCCCCCCCOC(=O)c1cn(C)c2ccccc12. The van der Waals surface area contributed by atoms with Gasteiger partial charge in [0.15, 0.2) is 0 Å². The van der Waals surface area contributed by atoms with Crippen LogP contribution in [0.25, 0.3) is 10.9 Å². The number of benzene rings is 1. The highest BCUT2D eigenvalue weighted by Crippen LogP contribution is 2.21. The number of carbonyl (C=O) groups is 1. The van der Waals surface area contributed by atoms with Crippen molar-refractivity contribution in [3.8, 4) is 0 Å². The fourth-order valence-corrected chi connectivity index (χ4v) is 3.34. The van der Waals surface area contributed by atoms with E-state index in [9.17, 15) is 4.79 Å². The number of nitrogens with zero attached hydrogens (tertiary/aromatic N) is 1. The van der Waals surface area contributed by atoms with Crippen LogP contribution < -0.4 is 0 Å². The lowest BCUT2D eigenvalue weighted by Crippen LogP contribution is -2.06. The van der Waals surface area contributed by atoms with Crippen molar-refractivity contribution in [2.45, 2.75) is 71.1 Å². The van der Waals surface area contributed by atoms with Crippen LogP contribution in [0.15, 0.2) is 30.5 Å². The van der Waals surface area contributed by atoms with Gasteiger partial charge in [-0.15, -0.1) is 0 Å². The molecule has 0 unspecified atom stereocenters. The number of fused-ring (bicyclic) bond motifs is 1. The number of hydrogen-bond acceptors (Lipinski definition) is 2. The molecule has 0 aliphatic heterocycles. The molecule has 0 radical (unpaired) electrons. The lowest BCUT2D eigenvalue weighted by Gasteiger charge is -2.04. The predicted molar refractivity (Wildman–Crippen MR) is 105 cm³/mol. The second-order valence-electron chi connectivity index (χ2n) is 6.99. The van der Waals surface area contributed by atoms with Gasteiger partial charge in [0.05, 0.1) is 12.2 Å². The van der Waals surface area contributed by atoms with Gasteiger partial charge in [-0.2, -0.15) is 0 Å². The summed E-state index contributed by atoms with van der Waals surface area (Å²) < 4.78 is 7.45. The van der Waals surface area contributed by atoms with Crippen LogP contribution in [0.4, 0.5) is 0 Å². The van der Waals surface area contributed by atoms with Gasteiger partial charge in [-0.25, -0.2) is 4.79 Å². The number of unbranched alkanes of at least 4 members (excludes halogenated alkanes) is 9. The standard InChI is InChI=1S/C22H33NO2/c1-3-4-5-6-7-8-9-10-11-14-17-25-22(24)20-18-23(2)21-16-13-12-15-19(20)21/h12-13,15-16,18H,3-11,14,17H2,1-2H3. The first-order valence-electron chi connectivity index (χ1n) is 9.95.